The molecule has 0 aliphatic carbocycles. The summed E-state index contributed by atoms with van der Waals surface area (Å²) in [5, 5.41) is 2.90. The summed E-state index contributed by atoms with van der Waals surface area (Å²) < 4.78 is 10.5. The minimum Gasteiger partial charge on any atom is -0.497 e. The molecule has 1 saturated heterocycles. The fourth-order valence-electron chi connectivity index (χ4n) is 2.69. The standard InChI is InChI=1S/C17H21N5O3/c1-24-13-3-4-14(15(11-13)25-2)20-17(23)22-9-7-21(8-10-22)16-12-18-5-6-19-16/h3-6,11-12H,7-10H2,1-2H3,(H,20,23). The molecule has 0 spiro atoms. The number of carbonyl (C=O) groups is 1. The van der Waals surface area contributed by atoms with Crippen LogP contribution < -0.4 is 19.7 Å². The molecule has 1 aromatic carbocycles. The molecule has 0 radical (unpaired) electrons. The van der Waals surface area contributed by atoms with Crippen LogP contribution in [0.4, 0.5) is 16.3 Å². The van der Waals surface area contributed by atoms with Crippen LogP contribution in [-0.2, 0) is 0 Å². The minimum absolute atomic E-state index is 0.151. The normalized spacial score (nSPS) is 14.2. The number of anilines is 2. The number of carbonyl (C=O) groups excluding carboxylic acids is 1. The van der Waals surface area contributed by atoms with Gasteiger partial charge in [0.15, 0.2) is 0 Å². The van der Waals surface area contributed by atoms with Gasteiger partial charge in [-0.2, -0.15) is 0 Å². The molecule has 1 fully saturated rings. The van der Waals surface area contributed by atoms with E-state index in [4.69, 9.17) is 9.47 Å². The number of aromatic nitrogens is 2. The Bertz CT molecular complexity index is 717. The average Bonchev–Trinajstić information content (AvgIpc) is 2.69. The number of benzene rings is 1. The summed E-state index contributed by atoms with van der Waals surface area (Å²) in [6.07, 6.45) is 5.05. The lowest BCUT2D eigenvalue weighted by atomic mass is 10.2. The summed E-state index contributed by atoms with van der Waals surface area (Å²) in [4.78, 5) is 24.8. The molecule has 8 nitrogen and oxygen atoms in total. The zero-order chi connectivity index (χ0) is 17.6. The predicted molar refractivity (Wildman–Crippen MR) is 94.4 cm³/mol. The number of ether oxygens (including phenoxy) is 2. The molecule has 0 saturated carbocycles. The van der Waals surface area contributed by atoms with Gasteiger partial charge in [0.1, 0.15) is 17.3 Å². The number of hydrogen-bond donors (Lipinski definition) is 1. The smallest absolute Gasteiger partial charge is 0.322 e. The van der Waals surface area contributed by atoms with E-state index in [1.807, 2.05) is 0 Å². The monoisotopic (exact) mass is 343 g/mol. The van der Waals surface area contributed by atoms with Crippen molar-refractivity contribution >= 4 is 17.5 Å². The summed E-state index contributed by atoms with van der Waals surface area (Å²) in [5.74, 6) is 2.07. The highest BCUT2D eigenvalue weighted by molar-refractivity contribution is 5.91. The molecule has 3 rings (SSSR count). The quantitative estimate of drug-likeness (QED) is 0.913. The van der Waals surface area contributed by atoms with Gasteiger partial charge in [0.2, 0.25) is 0 Å². The molecule has 8 heteroatoms. The first kappa shape index (κ1) is 16.8. The van der Waals surface area contributed by atoms with Crippen LogP contribution in [-0.4, -0.2) is 61.3 Å². The predicted octanol–water partition coefficient (Wildman–Crippen LogP) is 1.85. The second-order valence-electron chi connectivity index (χ2n) is 5.53. The fraction of sp³-hybridized carbons (Fsp3) is 0.353. The molecule has 132 valence electrons. The van der Waals surface area contributed by atoms with Crippen molar-refractivity contribution in [2.45, 2.75) is 0 Å². The van der Waals surface area contributed by atoms with Gasteiger partial charge in [-0.05, 0) is 12.1 Å². The summed E-state index contributed by atoms with van der Waals surface area (Å²) in [5.41, 5.74) is 0.615. The molecular formula is C17H21N5O3. The third-order valence-electron chi connectivity index (χ3n) is 4.09. The molecule has 0 bridgehead atoms. The average molecular weight is 343 g/mol. The topological polar surface area (TPSA) is 79.8 Å². The van der Waals surface area contributed by atoms with Gasteiger partial charge in [-0.3, -0.25) is 4.98 Å². The number of nitrogens with one attached hydrogen (secondary N) is 1. The Morgan fingerprint density at radius 2 is 1.92 bits per heavy atom. The van der Waals surface area contributed by atoms with E-state index in [1.54, 1.807) is 55.9 Å². The maximum Gasteiger partial charge on any atom is 0.322 e. The SMILES string of the molecule is COc1ccc(NC(=O)N2CCN(c3cnccn3)CC2)c(OC)c1. The highest BCUT2D eigenvalue weighted by Crippen LogP contribution is 2.29. The zero-order valence-corrected chi connectivity index (χ0v) is 14.3. The minimum atomic E-state index is -0.151. The van der Waals surface area contributed by atoms with E-state index in [-0.39, 0.29) is 6.03 Å². The lowest BCUT2D eigenvalue weighted by molar-refractivity contribution is 0.208. The fourth-order valence-corrected chi connectivity index (χ4v) is 2.69. The lowest BCUT2D eigenvalue weighted by Gasteiger charge is -2.35. The van der Waals surface area contributed by atoms with Gasteiger partial charge in [-0.15, -0.1) is 0 Å². The number of hydrogen-bond acceptors (Lipinski definition) is 6. The number of nitrogens with zero attached hydrogens (tertiary/aromatic N) is 4. The van der Waals surface area contributed by atoms with Crippen molar-refractivity contribution in [3.05, 3.63) is 36.8 Å². The van der Waals surface area contributed by atoms with Crippen LogP contribution in [0.25, 0.3) is 0 Å². The van der Waals surface area contributed by atoms with E-state index in [0.717, 1.165) is 5.82 Å². The van der Waals surface area contributed by atoms with E-state index in [9.17, 15) is 4.79 Å². The maximum absolute atomic E-state index is 12.5. The summed E-state index contributed by atoms with van der Waals surface area (Å²) in [6, 6.07) is 5.14. The van der Waals surface area contributed by atoms with Crippen LogP contribution >= 0.6 is 0 Å². The van der Waals surface area contributed by atoms with Gasteiger partial charge in [-0.25, -0.2) is 9.78 Å². The van der Waals surface area contributed by atoms with Crippen molar-refractivity contribution < 1.29 is 14.3 Å². The van der Waals surface area contributed by atoms with Crippen molar-refractivity contribution in [2.24, 2.45) is 0 Å². The molecule has 2 aromatic rings. The largest absolute Gasteiger partial charge is 0.497 e. The van der Waals surface area contributed by atoms with Gasteiger partial charge in [0.25, 0.3) is 0 Å². The van der Waals surface area contributed by atoms with Gasteiger partial charge in [0.05, 0.1) is 26.1 Å². The molecule has 2 heterocycles. The first-order valence-electron chi connectivity index (χ1n) is 8.00. The molecule has 0 unspecified atom stereocenters. The Morgan fingerprint density at radius 1 is 1.12 bits per heavy atom. The molecule has 2 amide bonds. The summed E-state index contributed by atoms with van der Waals surface area (Å²) in [7, 11) is 3.15. The second-order valence-corrected chi connectivity index (χ2v) is 5.53. The number of methoxy groups -OCH3 is 2. The number of rotatable bonds is 4. The molecule has 25 heavy (non-hydrogen) atoms. The van der Waals surface area contributed by atoms with Gasteiger partial charge >= 0.3 is 6.03 Å². The Kier molecular flexibility index (Phi) is 5.17. The van der Waals surface area contributed by atoms with Crippen LogP contribution in [0.5, 0.6) is 11.5 Å². The van der Waals surface area contributed by atoms with E-state index >= 15 is 0 Å². The first-order chi connectivity index (χ1) is 12.2. The third-order valence-corrected chi connectivity index (χ3v) is 4.09. The van der Waals surface area contributed by atoms with Crippen LogP contribution in [0, 0.1) is 0 Å². The van der Waals surface area contributed by atoms with Crippen molar-refractivity contribution in [2.75, 3.05) is 50.6 Å². The summed E-state index contributed by atoms with van der Waals surface area (Å²) in [6.45, 7) is 2.65. The molecule has 1 aromatic heterocycles. The van der Waals surface area contributed by atoms with Crippen LogP contribution in [0.2, 0.25) is 0 Å². The Labute approximate surface area is 146 Å². The lowest BCUT2D eigenvalue weighted by Crippen LogP contribution is -2.50. The van der Waals surface area contributed by atoms with Crippen LogP contribution in [0.3, 0.4) is 0 Å². The number of urea groups is 1. The summed E-state index contributed by atoms with van der Waals surface area (Å²) >= 11 is 0. The third kappa shape index (κ3) is 3.90. The van der Waals surface area contributed by atoms with Crippen molar-refractivity contribution in [1.29, 1.82) is 0 Å². The van der Waals surface area contributed by atoms with Gasteiger partial charge in [0, 0.05) is 44.6 Å². The molecule has 1 N–H and O–H groups in total. The molecule has 1 aliphatic rings. The highest BCUT2D eigenvalue weighted by Gasteiger charge is 2.22. The van der Waals surface area contributed by atoms with E-state index < -0.39 is 0 Å². The molecular weight excluding hydrogens is 322 g/mol. The van der Waals surface area contributed by atoms with E-state index in [1.165, 1.54) is 0 Å². The first-order valence-corrected chi connectivity index (χ1v) is 8.00. The van der Waals surface area contributed by atoms with Crippen molar-refractivity contribution in [3.8, 4) is 11.5 Å². The highest BCUT2D eigenvalue weighted by atomic mass is 16.5. The Balaban J connectivity index is 1.60. The molecule has 0 atom stereocenters. The Morgan fingerprint density at radius 3 is 2.56 bits per heavy atom. The van der Waals surface area contributed by atoms with Crippen LogP contribution in [0.15, 0.2) is 36.8 Å². The van der Waals surface area contributed by atoms with E-state index in [0.29, 0.717) is 43.4 Å². The maximum atomic E-state index is 12.5. The zero-order valence-electron chi connectivity index (χ0n) is 14.3. The number of piperazine rings is 1. The van der Waals surface area contributed by atoms with Crippen LogP contribution in [0.1, 0.15) is 0 Å². The van der Waals surface area contributed by atoms with Crippen molar-refractivity contribution in [3.63, 3.8) is 0 Å². The van der Waals surface area contributed by atoms with Gasteiger partial charge in [-0.1, -0.05) is 0 Å². The molecule has 1 aliphatic heterocycles. The van der Waals surface area contributed by atoms with Gasteiger partial charge < -0.3 is 24.6 Å². The Hall–Kier alpha value is -3.03. The van der Waals surface area contributed by atoms with Crippen molar-refractivity contribution in [1.82, 2.24) is 14.9 Å². The van der Waals surface area contributed by atoms with E-state index in [2.05, 4.69) is 20.2 Å². The second kappa shape index (κ2) is 7.69. The number of amides is 2.